The number of amides is 1. The molecule has 0 aliphatic rings. The summed E-state index contributed by atoms with van der Waals surface area (Å²) in [6, 6.07) is 13.8. The summed E-state index contributed by atoms with van der Waals surface area (Å²) < 4.78 is 0. The number of aryl methyl sites for hydroxylation is 2. The van der Waals surface area contributed by atoms with E-state index in [0.29, 0.717) is 11.6 Å². The molecule has 0 fully saturated rings. The van der Waals surface area contributed by atoms with Crippen molar-refractivity contribution in [3.8, 4) is 0 Å². The summed E-state index contributed by atoms with van der Waals surface area (Å²) >= 11 is 6.07. The second-order valence-electron chi connectivity index (χ2n) is 5.75. The minimum Gasteiger partial charge on any atom is -0.326 e. The number of hydrogen-bond acceptors (Lipinski definition) is 1. The van der Waals surface area contributed by atoms with Gasteiger partial charge in [-0.3, -0.25) is 4.79 Å². The zero-order valence-electron chi connectivity index (χ0n) is 13.2. The molecule has 0 aliphatic carbocycles. The number of rotatable bonds is 5. The highest BCUT2D eigenvalue weighted by molar-refractivity contribution is 6.31. The van der Waals surface area contributed by atoms with Crippen molar-refractivity contribution in [2.24, 2.45) is 0 Å². The van der Waals surface area contributed by atoms with Crippen molar-refractivity contribution >= 4 is 23.2 Å². The molecular weight excluding hydrogens is 296 g/mol. The topological polar surface area (TPSA) is 33.5 Å². The summed E-state index contributed by atoms with van der Waals surface area (Å²) in [7, 11) is 2.02. The number of carbonyl (C=O) groups is 1. The average Bonchev–Trinajstić information content (AvgIpc) is 2.45. The van der Waals surface area contributed by atoms with Crippen molar-refractivity contribution in [1.82, 2.24) is 0 Å². The molecule has 2 aromatic rings. The van der Waals surface area contributed by atoms with Crippen LogP contribution in [0.4, 0.5) is 5.69 Å². The first-order valence-corrected chi connectivity index (χ1v) is 7.75. The molecule has 0 bridgehead atoms. The van der Waals surface area contributed by atoms with Crippen molar-refractivity contribution in [2.75, 3.05) is 18.9 Å². The zero-order chi connectivity index (χ0) is 16.1. The molecule has 0 saturated heterocycles. The van der Waals surface area contributed by atoms with Crippen LogP contribution in [0.3, 0.4) is 0 Å². The van der Waals surface area contributed by atoms with Gasteiger partial charge in [0, 0.05) is 16.3 Å². The van der Waals surface area contributed by atoms with Crippen LogP contribution in [0, 0.1) is 13.8 Å². The fraction of sp³-hybridized carbons (Fsp3) is 0.278. The quantitative estimate of drug-likeness (QED) is 0.873. The lowest BCUT2D eigenvalue weighted by Crippen LogP contribution is -3.08. The molecule has 4 heteroatoms. The van der Waals surface area contributed by atoms with Gasteiger partial charge >= 0.3 is 0 Å². The van der Waals surface area contributed by atoms with Gasteiger partial charge in [-0.05, 0) is 37.1 Å². The van der Waals surface area contributed by atoms with Crippen LogP contribution in [0.1, 0.15) is 16.7 Å². The van der Waals surface area contributed by atoms with Crippen LogP contribution in [-0.2, 0) is 11.3 Å². The Bertz CT molecular complexity index is 670. The number of carbonyl (C=O) groups excluding carboxylic acids is 1. The summed E-state index contributed by atoms with van der Waals surface area (Å²) in [5.74, 6) is -0.00833. The number of hydrogen-bond donors (Lipinski definition) is 2. The lowest BCUT2D eigenvalue weighted by Gasteiger charge is -2.15. The van der Waals surface area contributed by atoms with E-state index in [4.69, 9.17) is 11.6 Å². The van der Waals surface area contributed by atoms with Gasteiger partial charge in [-0.1, -0.05) is 41.9 Å². The van der Waals surface area contributed by atoms with Gasteiger partial charge in [0.15, 0.2) is 6.54 Å². The normalized spacial score (nSPS) is 12.0. The van der Waals surface area contributed by atoms with Crippen molar-refractivity contribution in [1.29, 1.82) is 0 Å². The molecule has 22 heavy (non-hydrogen) atoms. The molecule has 0 aromatic heterocycles. The third-order valence-corrected chi connectivity index (χ3v) is 4.08. The third kappa shape index (κ3) is 4.58. The molecular formula is C18H22ClN2O+. The van der Waals surface area contributed by atoms with Crippen LogP contribution in [-0.4, -0.2) is 19.5 Å². The van der Waals surface area contributed by atoms with Crippen molar-refractivity contribution in [3.05, 3.63) is 64.2 Å². The largest absolute Gasteiger partial charge is 0.326 e. The fourth-order valence-corrected chi connectivity index (χ4v) is 2.53. The Morgan fingerprint density at radius 1 is 1.14 bits per heavy atom. The zero-order valence-corrected chi connectivity index (χ0v) is 14.0. The van der Waals surface area contributed by atoms with Gasteiger partial charge in [-0.15, -0.1) is 0 Å². The molecule has 1 atom stereocenters. The lowest BCUT2D eigenvalue weighted by molar-refractivity contribution is -0.885. The van der Waals surface area contributed by atoms with Crippen LogP contribution in [0.25, 0.3) is 0 Å². The first-order chi connectivity index (χ1) is 10.5. The Kier molecular flexibility index (Phi) is 5.58. The minimum absolute atomic E-state index is 0.00833. The molecule has 0 heterocycles. The van der Waals surface area contributed by atoms with Gasteiger partial charge in [-0.25, -0.2) is 0 Å². The Morgan fingerprint density at radius 3 is 2.55 bits per heavy atom. The number of benzene rings is 2. The highest BCUT2D eigenvalue weighted by Crippen LogP contribution is 2.19. The molecule has 3 nitrogen and oxygen atoms in total. The maximum absolute atomic E-state index is 12.1. The Labute approximate surface area is 136 Å². The fourth-order valence-electron chi connectivity index (χ4n) is 2.35. The average molecular weight is 318 g/mol. The molecule has 1 amide bonds. The molecule has 0 saturated carbocycles. The summed E-state index contributed by atoms with van der Waals surface area (Å²) in [6.07, 6.45) is 0. The number of likely N-dealkylation sites (N-methyl/N-ethyl adjacent to an activating group) is 1. The van der Waals surface area contributed by atoms with E-state index in [1.165, 1.54) is 11.1 Å². The summed E-state index contributed by atoms with van der Waals surface area (Å²) in [5.41, 5.74) is 4.27. The van der Waals surface area contributed by atoms with Crippen molar-refractivity contribution in [3.63, 3.8) is 0 Å². The van der Waals surface area contributed by atoms with Crippen LogP contribution in [0.2, 0.25) is 5.02 Å². The van der Waals surface area contributed by atoms with E-state index in [0.717, 1.165) is 22.7 Å². The lowest BCUT2D eigenvalue weighted by atomic mass is 10.1. The maximum Gasteiger partial charge on any atom is 0.279 e. The van der Waals surface area contributed by atoms with E-state index < -0.39 is 0 Å². The Morgan fingerprint density at radius 2 is 1.86 bits per heavy atom. The van der Waals surface area contributed by atoms with E-state index in [1.807, 2.05) is 38.2 Å². The summed E-state index contributed by atoms with van der Waals surface area (Å²) in [4.78, 5) is 13.3. The third-order valence-electron chi connectivity index (χ3n) is 3.67. The van der Waals surface area contributed by atoms with E-state index in [9.17, 15) is 4.79 Å². The number of anilines is 1. The summed E-state index contributed by atoms with van der Waals surface area (Å²) in [5, 5.41) is 3.56. The Balaban J connectivity index is 1.91. The second kappa shape index (κ2) is 7.43. The standard InChI is InChI=1S/C18H21ClN2O/c1-13-6-4-5-7-15(13)11-21(3)12-18(22)20-16-9-8-14(2)17(19)10-16/h4-10H,11-12H2,1-3H3,(H,20,22)/p+1. The van der Waals surface area contributed by atoms with Crippen molar-refractivity contribution in [2.45, 2.75) is 20.4 Å². The first kappa shape index (κ1) is 16.5. The SMILES string of the molecule is Cc1ccc(NC(=O)C[NH+](C)Cc2ccccc2C)cc1Cl. The van der Waals surface area contributed by atoms with E-state index in [1.54, 1.807) is 6.07 Å². The molecule has 2 N–H and O–H groups in total. The minimum atomic E-state index is -0.00833. The highest BCUT2D eigenvalue weighted by Gasteiger charge is 2.12. The predicted molar refractivity (Wildman–Crippen MR) is 91.5 cm³/mol. The highest BCUT2D eigenvalue weighted by atomic mass is 35.5. The van der Waals surface area contributed by atoms with Gasteiger partial charge in [-0.2, -0.15) is 0 Å². The second-order valence-corrected chi connectivity index (χ2v) is 6.16. The van der Waals surface area contributed by atoms with E-state index >= 15 is 0 Å². The first-order valence-electron chi connectivity index (χ1n) is 7.37. The van der Waals surface area contributed by atoms with Gasteiger partial charge in [0.1, 0.15) is 6.54 Å². The molecule has 2 rings (SSSR count). The number of halogens is 1. The van der Waals surface area contributed by atoms with Gasteiger partial charge < -0.3 is 10.2 Å². The van der Waals surface area contributed by atoms with Gasteiger partial charge in [0.05, 0.1) is 7.05 Å². The van der Waals surface area contributed by atoms with E-state index in [-0.39, 0.29) is 5.91 Å². The monoisotopic (exact) mass is 317 g/mol. The molecule has 0 radical (unpaired) electrons. The van der Waals surface area contributed by atoms with Crippen molar-refractivity contribution < 1.29 is 9.69 Å². The maximum atomic E-state index is 12.1. The van der Waals surface area contributed by atoms with E-state index in [2.05, 4.69) is 24.4 Å². The predicted octanol–water partition coefficient (Wildman–Crippen LogP) is 2.61. The molecule has 116 valence electrons. The Hall–Kier alpha value is -1.84. The van der Waals surface area contributed by atoms with Crippen LogP contribution >= 0.6 is 11.6 Å². The van der Waals surface area contributed by atoms with Crippen LogP contribution in [0.5, 0.6) is 0 Å². The molecule has 0 spiro atoms. The molecule has 2 aromatic carbocycles. The van der Waals surface area contributed by atoms with Crippen LogP contribution < -0.4 is 10.2 Å². The smallest absolute Gasteiger partial charge is 0.279 e. The number of nitrogens with one attached hydrogen (secondary N) is 2. The van der Waals surface area contributed by atoms with Crippen LogP contribution in [0.15, 0.2) is 42.5 Å². The summed E-state index contributed by atoms with van der Waals surface area (Å²) in [6.45, 7) is 5.28. The van der Waals surface area contributed by atoms with Gasteiger partial charge in [0.2, 0.25) is 0 Å². The van der Waals surface area contributed by atoms with Gasteiger partial charge in [0.25, 0.3) is 5.91 Å². The molecule has 0 aliphatic heterocycles. The molecule has 1 unspecified atom stereocenters. The number of quaternary nitrogens is 1.